The molecule has 0 radical (unpaired) electrons. The largest absolute Gasteiger partial charge is 0.490 e. The first kappa shape index (κ1) is 15.5. The van der Waals surface area contributed by atoms with Crippen molar-refractivity contribution in [1.29, 1.82) is 0 Å². The first-order valence-corrected chi connectivity index (χ1v) is 7.75. The van der Waals surface area contributed by atoms with Crippen molar-refractivity contribution in [1.82, 2.24) is 0 Å². The molecule has 2 rings (SSSR count). The number of hydrogen-bond donors (Lipinski definition) is 1. The summed E-state index contributed by atoms with van der Waals surface area (Å²) in [5, 5.41) is 11.2. The molecule has 20 heavy (non-hydrogen) atoms. The van der Waals surface area contributed by atoms with Crippen molar-refractivity contribution in [3.63, 3.8) is 0 Å². The first-order valence-electron chi connectivity index (χ1n) is 7.37. The number of aliphatic hydroxyl groups excluding tert-OH is 1. The van der Waals surface area contributed by atoms with Crippen molar-refractivity contribution in [3.8, 4) is 11.5 Å². The minimum absolute atomic E-state index is 0.471. The summed E-state index contributed by atoms with van der Waals surface area (Å²) in [6.07, 6.45) is 2.10. The molecule has 0 aromatic heterocycles. The Balaban J connectivity index is 2.57. The van der Waals surface area contributed by atoms with Crippen LogP contribution in [0.15, 0.2) is 6.07 Å². The summed E-state index contributed by atoms with van der Waals surface area (Å²) >= 11 is 6.39. The van der Waals surface area contributed by atoms with Gasteiger partial charge >= 0.3 is 0 Å². The van der Waals surface area contributed by atoms with Gasteiger partial charge in [-0.05, 0) is 44.6 Å². The van der Waals surface area contributed by atoms with Gasteiger partial charge in [-0.25, -0.2) is 0 Å². The zero-order valence-electron chi connectivity index (χ0n) is 12.4. The summed E-state index contributed by atoms with van der Waals surface area (Å²) in [7, 11) is 0. The van der Waals surface area contributed by atoms with Crippen LogP contribution in [-0.4, -0.2) is 18.3 Å². The minimum Gasteiger partial charge on any atom is -0.490 e. The quantitative estimate of drug-likeness (QED) is 0.849. The molecule has 112 valence electrons. The summed E-state index contributed by atoms with van der Waals surface area (Å²) in [6.45, 7) is 7.10. The van der Waals surface area contributed by atoms with Crippen LogP contribution in [0.2, 0.25) is 5.02 Å². The third kappa shape index (κ3) is 3.04. The van der Waals surface area contributed by atoms with Crippen molar-refractivity contribution in [2.75, 3.05) is 13.2 Å². The summed E-state index contributed by atoms with van der Waals surface area (Å²) in [5.41, 5.74) is 1.84. The van der Waals surface area contributed by atoms with Crippen molar-refractivity contribution >= 4 is 11.6 Å². The number of halogens is 1. The van der Waals surface area contributed by atoms with Gasteiger partial charge in [-0.2, -0.15) is 0 Å². The summed E-state index contributed by atoms with van der Waals surface area (Å²) < 4.78 is 11.4. The highest BCUT2D eigenvalue weighted by Gasteiger charge is 2.28. The molecule has 1 aromatic rings. The molecule has 2 atom stereocenters. The van der Waals surface area contributed by atoms with Crippen LogP contribution in [0.3, 0.4) is 0 Å². The molecular weight excluding hydrogens is 276 g/mol. The Morgan fingerprint density at radius 2 is 2.00 bits per heavy atom. The lowest BCUT2D eigenvalue weighted by Crippen LogP contribution is -2.08. The Labute approximate surface area is 125 Å². The highest BCUT2D eigenvalue weighted by atomic mass is 35.5. The van der Waals surface area contributed by atoms with E-state index < -0.39 is 6.10 Å². The molecule has 0 fully saturated rings. The van der Waals surface area contributed by atoms with Crippen molar-refractivity contribution in [2.45, 2.75) is 46.1 Å². The molecule has 4 heteroatoms. The molecule has 1 aliphatic carbocycles. The number of rotatable bonds is 4. The van der Waals surface area contributed by atoms with E-state index in [4.69, 9.17) is 21.1 Å². The number of aliphatic hydroxyl groups is 1. The zero-order chi connectivity index (χ0) is 14.7. The lowest BCUT2D eigenvalue weighted by molar-refractivity contribution is 0.144. The molecule has 0 bridgehead atoms. The van der Waals surface area contributed by atoms with Gasteiger partial charge in [-0.1, -0.05) is 18.5 Å². The second-order valence-electron chi connectivity index (χ2n) is 5.34. The number of benzene rings is 1. The van der Waals surface area contributed by atoms with E-state index in [2.05, 4.69) is 6.92 Å². The normalized spacial score (nSPS) is 22.1. The molecule has 0 spiro atoms. The topological polar surface area (TPSA) is 38.7 Å². The summed E-state index contributed by atoms with van der Waals surface area (Å²) in [6, 6.07) is 1.82. The van der Waals surface area contributed by atoms with Crippen LogP contribution >= 0.6 is 11.6 Å². The Bertz CT molecular complexity index is 473. The van der Waals surface area contributed by atoms with Crippen LogP contribution in [-0.2, 0) is 6.42 Å². The summed E-state index contributed by atoms with van der Waals surface area (Å²) in [5.74, 6) is 1.76. The van der Waals surface area contributed by atoms with Crippen LogP contribution in [0, 0.1) is 5.92 Å². The zero-order valence-corrected chi connectivity index (χ0v) is 13.2. The molecule has 1 aliphatic rings. The van der Waals surface area contributed by atoms with Gasteiger partial charge in [0.1, 0.15) is 0 Å². The van der Waals surface area contributed by atoms with E-state index in [1.54, 1.807) is 0 Å². The second kappa shape index (κ2) is 6.68. The molecule has 0 saturated carbocycles. The standard InChI is InChI=1S/C16H23ClO3/c1-4-19-14-9-12(17)11-7-6-10(3)8-13(18)15(11)16(14)20-5-2/h9-10,13,18H,4-8H2,1-3H3. The molecule has 0 aliphatic heterocycles. The lowest BCUT2D eigenvalue weighted by atomic mass is 9.98. The fraction of sp³-hybridized carbons (Fsp3) is 0.625. The number of hydrogen-bond acceptors (Lipinski definition) is 3. The fourth-order valence-electron chi connectivity index (χ4n) is 2.84. The van der Waals surface area contributed by atoms with Gasteiger partial charge < -0.3 is 14.6 Å². The average Bonchev–Trinajstić information content (AvgIpc) is 2.54. The smallest absolute Gasteiger partial charge is 0.167 e. The van der Waals surface area contributed by atoms with E-state index >= 15 is 0 Å². The Morgan fingerprint density at radius 1 is 1.30 bits per heavy atom. The minimum atomic E-state index is -0.540. The Hall–Kier alpha value is -0.930. The molecule has 0 heterocycles. The van der Waals surface area contributed by atoms with Gasteiger partial charge in [0.05, 0.1) is 19.3 Å². The van der Waals surface area contributed by atoms with E-state index in [0.717, 1.165) is 30.4 Å². The Kier molecular flexibility index (Phi) is 5.17. The van der Waals surface area contributed by atoms with Crippen LogP contribution in [0.5, 0.6) is 11.5 Å². The molecule has 2 unspecified atom stereocenters. The van der Waals surface area contributed by atoms with Gasteiger partial charge in [0.25, 0.3) is 0 Å². The van der Waals surface area contributed by atoms with E-state index in [-0.39, 0.29) is 0 Å². The molecule has 3 nitrogen and oxygen atoms in total. The molecular formula is C16H23ClO3. The van der Waals surface area contributed by atoms with Gasteiger partial charge in [-0.3, -0.25) is 0 Å². The van der Waals surface area contributed by atoms with Gasteiger partial charge in [-0.15, -0.1) is 0 Å². The number of ether oxygens (including phenoxy) is 2. The monoisotopic (exact) mass is 298 g/mol. The summed E-state index contributed by atoms with van der Waals surface area (Å²) in [4.78, 5) is 0. The second-order valence-corrected chi connectivity index (χ2v) is 5.75. The van der Waals surface area contributed by atoms with E-state index in [1.165, 1.54) is 0 Å². The van der Waals surface area contributed by atoms with E-state index in [0.29, 0.717) is 35.7 Å². The van der Waals surface area contributed by atoms with Gasteiger partial charge in [0, 0.05) is 16.7 Å². The van der Waals surface area contributed by atoms with Crippen LogP contribution < -0.4 is 9.47 Å². The maximum Gasteiger partial charge on any atom is 0.167 e. The van der Waals surface area contributed by atoms with Gasteiger partial charge in [0.2, 0.25) is 0 Å². The van der Waals surface area contributed by atoms with Crippen molar-refractivity contribution in [3.05, 3.63) is 22.2 Å². The predicted octanol–water partition coefficient (Wildman–Crippen LogP) is 4.14. The van der Waals surface area contributed by atoms with E-state index in [1.807, 2.05) is 19.9 Å². The molecule has 1 aromatic carbocycles. The van der Waals surface area contributed by atoms with Crippen molar-refractivity contribution < 1.29 is 14.6 Å². The maximum absolute atomic E-state index is 10.5. The number of fused-ring (bicyclic) bond motifs is 1. The lowest BCUT2D eigenvalue weighted by Gasteiger charge is -2.21. The van der Waals surface area contributed by atoms with Crippen molar-refractivity contribution in [2.24, 2.45) is 5.92 Å². The predicted molar refractivity (Wildman–Crippen MR) is 80.9 cm³/mol. The molecule has 1 N–H and O–H groups in total. The highest BCUT2D eigenvalue weighted by Crippen LogP contribution is 2.45. The average molecular weight is 299 g/mol. The van der Waals surface area contributed by atoms with Crippen LogP contribution in [0.4, 0.5) is 0 Å². The molecule has 0 saturated heterocycles. The first-order chi connectivity index (χ1) is 9.58. The third-order valence-electron chi connectivity index (χ3n) is 3.77. The van der Waals surface area contributed by atoms with Crippen LogP contribution in [0.1, 0.15) is 50.8 Å². The highest BCUT2D eigenvalue weighted by molar-refractivity contribution is 6.31. The fourth-order valence-corrected chi connectivity index (χ4v) is 3.13. The van der Waals surface area contributed by atoms with Gasteiger partial charge in [0.15, 0.2) is 11.5 Å². The van der Waals surface area contributed by atoms with Crippen LogP contribution in [0.25, 0.3) is 0 Å². The third-order valence-corrected chi connectivity index (χ3v) is 4.11. The molecule has 0 amide bonds. The Morgan fingerprint density at radius 3 is 2.65 bits per heavy atom. The van der Waals surface area contributed by atoms with E-state index in [9.17, 15) is 5.11 Å². The SMILES string of the molecule is CCOc1cc(Cl)c2c(c1OCC)C(O)CC(C)CC2. The maximum atomic E-state index is 10.5.